The van der Waals surface area contributed by atoms with Gasteiger partial charge in [-0.15, -0.1) is 0 Å². The van der Waals surface area contributed by atoms with E-state index < -0.39 is 0 Å². The van der Waals surface area contributed by atoms with Crippen molar-refractivity contribution in [1.82, 2.24) is 0 Å². The normalized spacial score (nSPS) is 12.0. The second-order valence-corrected chi connectivity index (χ2v) is 11.3. The van der Waals surface area contributed by atoms with E-state index in [2.05, 4.69) is 162 Å². The van der Waals surface area contributed by atoms with Crippen LogP contribution in [0.2, 0.25) is 0 Å². The first-order valence-corrected chi connectivity index (χ1v) is 14.7. The van der Waals surface area contributed by atoms with Crippen LogP contribution in [0, 0.1) is 0 Å². The summed E-state index contributed by atoms with van der Waals surface area (Å²) in [5.74, 6) is 0. The summed E-state index contributed by atoms with van der Waals surface area (Å²) in [6.45, 7) is 0. The Labute approximate surface area is 249 Å². The number of nitrogens with two attached hydrogens (primary N) is 1. The van der Waals surface area contributed by atoms with Gasteiger partial charge < -0.3 is 5.73 Å². The van der Waals surface area contributed by atoms with Crippen molar-refractivity contribution in [3.8, 4) is 33.4 Å². The Morgan fingerprint density at radius 1 is 0.415 bits per heavy atom. The molecule has 41 heavy (non-hydrogen) atoms. The maximum Gasteiger partial charge on any atom is 0.0551 e. The molecule has 0 spiro atoms. The van der Waals surface area contributed by atoms with Crippen molar-refractivity contribution < 1.29 is 0 Å². The molecule has 196 valence electrons. The Balaban J connectivity index is 1.30. The molecule has 2 heteroatoms. The van der Waals surface area contributed by atoms with Crippen molar-refractivity contribution in [3.63, 3.8) is 0 Å². The molecule has 0 aliphatic heterocycles. The molecule has 0 amide bonds. The van der Waals surface area contributed by atoms with Crippen molar-refractivity contribution in [3.05, 3.63) is 167 Å². The molecule has 0 bridgehead atoms. The third-order valence-electron chi connectivity index (χ3n) is 8.01. The zero-order valence-electron chi connectivity index (χ0n) is 22.5. The topological polar surface area (TPSA) is 26.0 Å². The van der Waals surface area contributed by atoms with Crippen molar-refractivity contribution in [2.75, 3.05) is 0 Å². The molecule has 0 radical (unpaired) electrons. The number of hydrogen-bond donors (Lipinski definition) is 1. The van der Waals surface area contributed by atoms with E-state index in [1.165, 1.54) is 54.9 Å². The first-order chi connectivity index (χ1) is 20.2. The SMILES string of the molecule is NC(c1ccc(-c2ccccc2)cc1)c1ccc(-c2ccc3ccccc3c2-c2c(Br)ccc3ccccc23)cc1. The van der Waals surface area contributed by atoms with E-state index in [-0.39, 0.29) is 6.04 Å². The number of benzene rings is 7. The third kappa shape index (κ3) is 4.76. The number of rotatable bonds is 5. The van der Waals surface area contributed by atoms with Crippen molar-refractivity contribution >= 4 is 37.5 Å². The summed E-state index contributed by atoms with van der Waals surface area (Å²) in [4.78, 5) is 0. The maximum absolute atomic E-state index is 6.77. The predicted molar refractivity (Wildman–Crippen MR) is 178 cm³/mol. The average molecular weight is 591 g/mol. The highest BCUT2D eigenvalue weighted by atomic mass is 79.9. The molecule has 0 saturated heterocycles. The number of hydrogen-bond acceptors (Lipinski definition) is 1. The summed E-state index contributed by atoms with van der Waals surface area (Å²) in [6.07, 6.45) is 0. The molecule has 1 atom stereocenters. The van der Waals surface area contributed by atoms with Gasteiger partial charge in [0.1, 0.15) is 0 Å². The van der Waals surface area contributed by atoms with Crippen LogP contribution in [0.5, 0.6) is 0 Å². The Morgan fingerprint density at radius 2 is 0.902 bits per heavy atom. The van der Waals surface area contributed by atoms with Crippen molar-refractivity contribution in [2.24, 2.45) is 5.73 Å². The van der Waals surface area contributed by atoms with Gasteiger partial charge in [0.15, 0.2) is 0 Å². The van der Waals surface area contributed by atoms with Crippen molar-refractivity contribution in [2.45, 2.75) is 6.04 Å². The smallest absolute Gasteiger partial charge is 0.0551 e. The average Bonchev–Trinajstić information content (AvgIpc) is 3.05. The van der Waals surface area contributed by atoms with Crippen LogP contribution in [0.25, 0.3) is 54.9 Å². The van der Waals surface area contributed by atoms with Gasteiger partial charge in [0.05, 0.1) is 6.04 Å². The lowest BCUT2D eigenvalue weighted by Gasteiger charge is -2.18. The van der Waals surface area contributed by atoms with Gasteiger partial charge in [0, 0.05) is 10.0 Å². The quantitative estimate of drug-likeness (QED) is 0.212. The molecule has 2 N–H and O–H groups in total. The highest BCUT2D eigenvalue weighted by Gasteiger charge is 2.18. The zero-order valence-corrected chi connectivity index (χ0v) is 24.1. The van der Waals surface area contributed by atoms with Crippen LogP contribution >= 0.6 is 15.9 Å². The van der Waals surface area contributed by atoms with Gasteiger partial charge >= 0.3 is 0 Å². The van der Waals surface area contributed by atoms with E-state index in [9.17, 15) is 0 Å². The van der Waals surface area contributed by atoms with Crippen LogP contribution in [-0.4, -0.2) is 0 Å². The highest BCUT2D eigenvalue weighted by Crippen LogP contribution is 2.44. The fraction of sp³-hybridized carbons (Fsp3) is 0.0256. The summed E-state index contributed by atoms with van der Waals surface area (Å²) in [5, 5.41) is 4.92. The first-order valence-electron chi connectivity index (χ1n) is 13.9. The monoisotopic (exact) mass is 589 g/mol. The summed E-state index contributed by atoms with van der Waals surface area (Å²) in [5.41, 5.74) is 16.2. The van der Waals surface area contributed by atoms with Crippen molar-refractivity contribution in [1.29, 1.82) is 0 Å². The minimum absolute atomic E-state index is 0.197. The van der Waals surface area contributed by atoms with Crippen LogP contribution in [0.3, 0.4) is 0 Å². The lowest BCUT2D eigenvalue weighted by molar-refractivity contribution is 0.872. The Hall–Kier alpha value is -4.50. The van der Waals surface area contributed by atoms with Crippen LogP contribution in [0.1, 0.15) is 17.2 Å². The molecule has 7 aromatic rings. The molecule has 1 nitrogen and oxygen atoms in total. The number of fused-ring (bicyclic) bond motifs is 2. The molecule has 1 unspecified atom stereocenters. The summed E-state index contributed by atoms with van der Waals surface area (Å²) >= 11 is 3.91. The molecule has 0 saturated carbocycles. The van der Waals surface area contributed by atoms with E-state index in [1.54, 1.807) is 0 Å². The summed E-state index contributed by atoms with van der Waals surface area (Å²) in [6, 6.07) is 53.6. The lowest BCUT2D eigenvalue weighted by Crippen LogP contribution is -2.11. The highest BCUT2D eigenvalue weighted by molar-refractivity contribution is 9.10. The van der Waals surface area contributed by atoms with Gasteiger partial charge in [-0.1, -0.05) is 162 Å². The fourth-order valence-electron chi connectivity index (χ4n) is 5.86. The minimum Gasteiger partial charge on any atom is -0.320 e. The molecule has 0 aromatic heterocycles. The van der Waals surface area contributed by atoms with E-state index in [0.717, 1.165) is 15.6 Å². The third-order valence-corrected chi connectivity index (χ3v) is 8.68. The molecule has 0 heterocycles. The largest absolute Gasteiger partial charge is 0.320 e. The first kappa shape index (κ1) is 25.5. The standard InChI is InChI=1S/C39H28BrN/c40-36-25-23-29-11-5-7-13-34(29)38(36)37-33-12-6-4-10-28(33)22-24-35(37)30-16-20-32(21-17-30)39(41)31-18-14-27(15-19-31)26-8-2-1-3-9-26/h1-25,39H,41H2. The minimum atomic E-state index is -0.197. The van der Waals surface area contributed by atoms with Gasteiger partial charge in [-0.25, -0.2) is 0 Å². The Bertz CT molecular complexity index is 1990. The fourth-order valence-corrected chi connectivity index (χ4v) is 6.40. The zero-order chi connectivity index (χ0) is 27.8. The summed E-state index contributed by atoms with van der Waals surface area (Å²) in [7, 11) is 0. The molecule has 0 aliphatic rings. The Morgan fingerprint density at radius 3 is 1.54 bits per heavy atom. The van der Waals surface area contributed by atoms with Crippen LogP contribution in [0.15, 0.2) is 156 Å². The second kappa shape index (κ2) is 10.8. The number of halogens is 1. The van der Waals surface area contributed by atoms with E-state index in [4.69, 9.17) is 5.73 Å². The predicted octanol–water partition coefficient (Wildman–Crippen LogP) is 10.8. The summed E-state index contributed by atoms with van der Waals surface area (Å²) < 4.78 is 1.09. The molecule has 0 aliphatic carbocycles. The maximum atomic E-state index is 6.77. The van der Waals surface area contributed by atoms with Gasteiger partial charge in [-0.3, -0.25) is 0 Å². The van der Waals surface area contributed by atoms with Gasteiger partial charge in [-0.2, -0.15) is 0 Å². The van der Waals surface area contributed by atoms with Crippen LogP contribution < -0.4 is 5.73 Å². The van der Waals surface area contributed by atoms with Crippen LogP contribution in [-0.2, 0) is 0 Å². The molecule has 0 fully saturated rings. The van der Waals surface area contributed by atoms with Crippen LogP contribution in [0.4, 0.5) is 0 Å². The molecular weight excluding hydrogens is 562 g/mol. The van der Waals surface area contributed by atoms with E-state index in [0.29, 0.717) is 0 Å². The molecule has 7 rings (SSSR count). The molecular formula is C39H28BrN. The van der Waals surface area contributed by atoms with Gasteiger partial charge in [0.25, 0.3) is 0 Å². The molecule has 7 aromatic carbocycles. The second-order valence-electron chi connectivity index (χ2n) is 10.4. The Kier molecular flexibility index (Phi) is 6.72. The van der Waals surface area contributed by atoms with Gasteiger partial charge in [0.2, 0.25) is 0 Å². The van der Waals surface area contributed by atoms with Gasteiger partial charge in [-0.05, 0) is 66.6 Å². The lowest BCUT2D eigenvalue weighted by atomic mass is 9.87. The van der Waals surface area contributed by atoms with E-state index in [1.807, 2.05) is 6.07 Å². The van der Waals surface area contributed by atoms with E-state index >= 15 is 0 Å².